The van der Waals surface area contributed by atoms with Gasteiger partial charge in [0, 0.05) is 11.4 Å². The van der Waals surface area contributed by atoms with Crippen molar-refractivity contribution < 1.29 is 13.2 Å². The van der Waals surface area contributed by atoms with Crippen LogP contribution in [0.15, 0.2) is 106 Å². The van der Waals surface area contributed by atoms with Crippen LogP contribution >= 0.6 is 0 Å². The largest absolute Gasteiger partial charge is 0.359 e. The van der Waals surface area contributed by atoms with E-state index >= 15 is 0 Å². The Morgan fingerprint density at radius 2 is 1.03 bits per heavy atom. The zero-order valence-corrected chi connectivity index (χ0v) is 21.2. The fourth-order valence-corrected chi connectivity index (χ4v) is 4.50. The maximum Gasteiger partial charge on any atom is 0.206 e. The van der Waals surface area contributed by atoms with Gasteiger partial charge in [-0.3, -0.25) is 0 Å². The number of benzene rings is 3. The number of aryl methyl sites for hydroxylation is 3. The lowest BCUT2D eigenvalue weighted by Crippen LogP contribution is -2.02. The molecule has 0 atom stereocenters. The van der Waals surface area contributed by atoms with Crippen LogP contribution in [0.1, 0.15) is 36.5 Å². The molecule has 0 aliphatic heterocycles. The maximum atomic E-state index is 12.3. The predicted octanol–water partition coefficient (Wildman–Crippen LogP) is 6.98. The third-order valence-electron chi connectivity index (χ3n) is 5.38. The van der Waals surface area contributed by atoms with Gasteiger partial charge in [-0.2, -0.15) is 0 Å². The molecule has 34 heavy (non-hydrogen) atoms. The van der Waals surface area contributed by atoms with Gasteiger partial charge in [0.1, 0.15) is 6.79 Å². The second kappa shape index (κ2) is 12.7. The maximum absolute atomic E-state index is 12.3. The summed E-state index contributed by atoms with van der Waals surface area (Å²) in [5.74, 6) is 0. The molecule has 0 spiro atoms. The number of rotatable bonds is 4. The number of hydrogen-bond acceptors (Lipinski definition) is 4. The van der Waals surface area contributed by atoms with Gasteiger partial charge in [0.05, 0.1) is 9.79 Å². The number of allylic oxidation sites excluding steroid dienone is 4. The molecule has 0 radical (unpaired) electrons. The van der Waals surface area contributed by atoms with E-state index in [9.17, 15) is 8.42 Å². The van der Waals surface area contributed by atoms with E-state index in [1.54, 1.807) is 48.5 Å². The number of anilines is 1. The van der Waals surface area contributed by atoms with Gasteiger partial charge in [-0.1, -0.05) is 64.7 Å². The van der Waals surface area contributed by atoms with Crippen LogP contribution in [-0.4, -0.2) is 15.2 Å². The van der Waals surface area contributed by atoms with Crippen molar-refractivity contribution in [1.29, 1.82) is 0 Å². The zero-order chi connectivity index (χ0) is 25.1. The van der Waals surface area contributed by atoms with Crippen molar-refractivity contribution in [2.45, 2.75) is 50.3 Å². The Morgan fingerprint density at radius 3 is 1.41 bits per heavy atom. The van der Waals surface area contributed by atoms with E-state index in [-0.39, 0.29) is 0 Å². The fraction of sp³-hybridized carbons (Fsp3) is 0.207. The average molecular weight is 476 g/mol. The summed E-state index contributed by atoms with van der Waals surface area (Å²) in [6.45, 7) is 10.2. The third-order valence-corrected chi connectivity index (χ3v) is 7.16. The predicted molar refractivity (Wildman–Crippen MR) is 141 cm³/mol. The van der Waals surface area contributed by atoms with Gasteiger partial charge in [0.2, 0.25) is 9.84 Å². The highest BCUT2D eigenvalue weighted by molar-refractivity contribution is 7.91. The SMILES string of the molecule is C=O.CC1=CC=C(Nc2ccc(C)cc2)CC1.Cc1ccc(S(=O)(=O)c2ccc(C)cc2)cc1. The van der Waals surface area contributed by atoms with Gasteiger partial charge in [-0.15, -0.1) is 0 Å². The quantitative estimate of drug-likeness (QED) is 0.442. The molecule has 1 N–H and O–H groups in total. The Hall–Kier alpha value is -3.44. The van der Waals surface area contributed by atoms with Crippen LogP contribution < -0.4 is 5.32 Å². The zero-order valence-electron chi connectivity index (χ0n) is 20.3. The van der Waals surface area contributed by atoms with Crippen molar-refractivity contribution in [3.8, 4) is 0 Å². The summed E-state index contributed by atoms with van der Waals surface area (Å²) in [5, 5.41) is 3.45. The van der Waals surface area contributed by atoms with Gasteiger partial charge in [0.15, 0.2) is 0 Å². The standard InChI is InChI=1S/C14H17N.C14H14O2S.CH2O/c1-11-3-7-13(8-4-11)15-14-9-5-12(2)6-10-14;1-11-3-7-13(8-4-11)17(15,16)14-9-5-12(2)6-10-14;1-2/h3-5,7-9,15H,6,10H2,1-2H3;3-10H,1-2H3;1H2. The van der Waals surface area contributed by atoms with Crippen LogP contribution in [-0.2, 0) is 14.6 Å². The molecule has 3 aromatic carbocycles. The van der Waals surface area contributed by atoms with E-state index in [2.05, 4.69) is 55.6 Å². The number of sulfone groups is 1. The van der Waals surface area contributed by atoms with E-state index in [0.29, 0.717) is 9.79 Å². The third kappa shape index (κ3) is 7.85. The van der Waals surface area contributed by atoms with E-state index in [4.69, 9.17) is 4.79 Å². The summed E-state index contributed by atoms with van der Waals surface area (Å²) in [6, 6.07) is 22.3. The lowest BCUT2D eigenvalue weighted by atomic mass is 10.0. The molecular weight excluding hydrogens is 442 g/mol. The number of carbonyl (C=O) groups excluding carboxylic acids is 1. The van der Waals surface area contributed by atoms with Crippen molar-refractivity contribution in [2.75, 3.05) is 5.32 Å². The summed E-state index contributed by atoms with van der Waals surface area (Å²) in [7, 11) is -3.37. The molecular formula is C29H33NO3S. The molecule has 0 saturated heterocycles. The molecule has 4 nitrogen and oxygen atoms in total. The first-order chi connectivity index (χ1) is 16.2. The second-order valence-corrected chi connectivity index (χ2v) is 10.3. The summed E-state index contributed by atoms with van der Waals surface area (Å²) in [4.78, 5) is 8.68. The Kier molecular flexibility index (Phi) is 10.0. The van der Waals surface area contributed by atoms with Gasteiger partial charge in [-0.25, -0.2) is 8.42 Å². The molecule has 1 aliphatic rings. The first-order valence-electron chi connectivity index (χ1n) is 11.1. The molecule has 0 fully saturated rings. The normalized spacial score (nSPS) is 12.7. The van der Waals surface area contributed by atoms with Crippen molar-refractivity contribution in [3.63, 3.8) is 0 Å². The van der Waals surface area contributed by atoms with E-state index in [1.807, 2.05) is 20.6 Å². The molecule has 0 unspecified atom stereocenters. The lowest BCUT2D eigenvalue weighted by Gasteiger charge is -2.14. The molecule has 3 aromatic rings. The van der Waals surface area contributed by atoms with Gasteiger partial charge in [0.25, 0.3) is 0 Å². The van der Waals surface area contributed by atoms with Crippen molar-refractivity contribution in [3.05, 3.63) is 113 Å². The summed E-state index contributed by atoms with van der Waals surface area (Å²) in [6.07, 6.45) is 6.67. The van der Waals surface area contributed by atoms with Crippen LogP contribution in [0, 0.1) is 20.8 Å². The first kappa shape index (κ1) is 26.8. The summed E-state index contributed by atoms with van der Waals surface area (Å²) in [5.41, 5.74) is 7.35. The molecule has 0 saturated carbocycles. The first-order valence-corrected chi connectivity index (χ1v) is 12.6. The van der Waals surface area contributed by atoms with Gasteiger partial charge < -0.3 is 10.1 Å². The summed E-state index contributed by atoms with van der Waals surface area (Å²) < 4.78 is 24.5. The molecule has 5 heteroatoms. The minimum absolute atomic E-state index is 0.340. The molecule has 0 heterocycles. The lowest BCUT2D eigenvalue weighted by molar-refractivity contribution is -0.0980. The molecule has 178 valence electrons. The molecule has 4 rings (SSSR count). The van der Waals surface area contributed by atoms with Crippen molar-refractivity contribution in [2.24, 2.45) is 0 Å². The van der Waals surface area contributed by atoms with Crippen LogP contribution in [0.25, 0.3) is 0 Å². The van der Waals surface area contributed by atoms with Crippen molar-refractivity contribution in [1.82, 2.24) is 0 Å². The Labute approximate surface area is 204 Å². The van der Waals surface area contributed by atoms with E-state index in [0.717, 1.165) is 17.5 Å². The topological polar surface area (TPSA) is 63.2 Å². The smallest absolute Gasteiger partial charge is 0.206 e. The molecule has 1 aliphatic carbocycles. The highest BCUT2D eigenvalue weighted by Crippen LogP contribution is 2.22. The minimum Gasteiger partial charge on any atom is -0.359 e. The molecule has 0 amide bonds. The number of hydrogen-bond donors (Lipinski definition) is 1. The Morgan fingerprint density at radius 1 is 0.618 bits per heavy atom. The second-order valence-electron chi connectivity index (χ2n) is 8.33. The van der Waals surface area contributed by atoms with Gasteiger partial charge >= 0.3 is 0 Å². The van der Waals surface area contributed by atoms with E-state index in [1.165, 1.54) is 28.9 Å². The van der Waals surface area contributed by atoms with Crippen LogP contribution in [0.5, 0.6) is 0 Å². The highest BCUT2D eigenvalue weighted by Gasteiger charge is 2.16. The highest BCUT2D eigenvalue weighted by atomic mass is 32.2. The molecule has 0 bridgehead atoms. The fourth-order valence-electron chi connectivity index (χ4n) is 3.24. The van der Waals surface area contributed by atoms with Gasteiger partial charge in [-0.05, 0) is 83.0 Å². The van der Waals surface area contributed by atoms with Crippen LogP contribution in [0.2, 0.25) is 0 Å². The minimum atomic E-state index is -3.37. The summed E-state index contributed by atoms with van der Waals surface area (Å²) >= 11 is 0. The van der Waals surface area contributed by atoms with Crippen LogP contribution in [0.3, 0.4) is 0 Å². The number of carbonyl (C=O) groups is 1. The van der Waals surface area contributed by atoms with Crippen molar-refractivity contribution >= 4 is 22.3 Å². The van der Waals surface area contributed by atoms with E-state index < -0.39 is 9.84 Å². The van der Waals surface area contributed by atoms with Crippen LogP contribution in [0.4, 0.5) is 5.69 Å². The molecule has 0 aromatic heterocycles. The Bertz CT molecular complexity index is 1170. The Balaban J connectivity index is 0.000000225. The average Bonchev–Trinajstić information content (AvgIpc) is 2.84. The number of nitrogens with one attached hydrogen (secondary N) is 1. The monoisotopic (exact) mass is 475 g/mol.